The molecule has 1 saturated heterocycles. The largest absolute Gasteiger partial charge is 0.507 e. The average molecular weight is 439 g/mol. The summed E-state index contributed by atoms with van der Waals surface area (Å²) in [5, 5.41) is 12.1. The van der Waals surface area contributed by atoms with Crippen LogP contribution in [0.25, 0.3) is 11.0 Å². The van der Waals surface area contributed by atoms with Gasteiger partial charge >= 0.3 is 0 Å². The predicted octanol–water partition coefficient (Wildman–Crippen LogP) is 3.90. The highest BCUT2D eigenvalue weighted by atomic mass is 32.2. The molecule has 1 aliphatic rings. The molecule has 0 bridgehead atoms. The maximum Gasteiger partial charge on any atom is 0.286 e. The number of ether oxygens (including phenoxy) is 1. The van der Waals surface area contributed by atoms with Gasteiger partial charge in [0.15, 0.2) is 5.43 Å². The van der Waals surface area contributed by atoms with Gasteiger partial charge in [-0.25, -0.2) is 0 Å². The van der Waals surface area contributed by atoms with Crippen molar-refractivity contribution in [1.29, 1.82) is 0 Å². The van der Waals surface area contributed by atoms with E-state index in [4.69, 9.17) is 9.15 Å². The number of hydrogen-bond donors (Lipinski definition) is 2. The molecule has 7 nitrogen and oxygen atoms in total. The van der Waals surface area contributed by atoms with Gasteiger partial charge in [-0.3, -0.25) is 19.7 Å². The molecule has 0 radical (unpaired) electrons. The summed E-state index contributed by atoms with van der Waals surface area (Å²) < 4.78 is 11.7. The van der Waals surface area contributed by atoms with Crippen molar-refractivity contribution in [3.8, 4) is 11.5 Å². The zero-order valence-corrected chi connectivity index (χ0v) is 18.1. The summed E-state index contributed by atoms with van der Waals surface area (Å²) in [6.07, 6.45) is 0.451. The van der Waals surface area contributed by atoms with Crippen LogP contribution in [0.5, 0.6) is 11.5 Å². The van der Waals surface area contributed by atoms with E-state index in [0.717, 1.165) is 17.3 Å². The van der Waals surface area contributed by atoms with Crippen molar-refractivity contribution in [2.45, 2.75) is 39.0 Å². The number of rotatable bonds is 5. The van der Waals surface area contributed by atoms with Crippen LogP contribution in [0.4, 0.5) is 4.79 Å². The lowest BCUT2D eigenvalue weighted by molar-refractivity contribution is -0.118. The average Bonchev–Trinajstić information content (AvgIpc) is 3.06. The maximum atomic E-state index is 12.6. The Bertz CT molecular complexity index is 1260. The van der Waals surface area contributed by atoms with Crippen LogP contribution < -0.4 is 15.5 Å². The number of aromatic hydroxyl groups is 1. The van der Waals surface area contributed by atoms with Gasteiger partial charge in [-0.1, -0.05) is 23.9 Å². The first-order valence-corrected chi connectivity index (χ1v) is 10.6. The van der Waals surface area contributed by atoms with Gasteiger partial charge in [-0.2, -0.15) is 0 Å². The molecule has 2 heterocycles. The van der Waals surface area contributed by atoms with E-state index in [0.29, 0.717) is 45.6 Å². The van der Waals surface area contributed by atoms with E-state index in [1.807, 2.05) is 12.1 Å². The van der Waals surface area contributed by atoms with Gasteiger partial charge in [0, 0.05) is 11.6 Å². The molecule has 2 N–H and O–H groups in total. The molecular weight excluding hydrogens is 418 g/mol. The van der Waals surface area contributed by atoms with Crippen molar-refractivity contribution in [1.82, 2.24) is 5.32 Å². The van der Waals surface area contributed by atoms with Crippen LogP contribution >= 0.6 is 11.8 Å². The Morgan fingerprint density at radius 1 is 1.06 bits per heavy atom. The number of thioether (sulfide) groups is 1. The highest BCUT2D eigenvalue weighted by Crippen LogP contribution is 2.32. The monoisotopic (exact) mass is 439 g/mol. The standard InChI is InChI=1S/C23H21NO6S/c1-11-12(2)21-19(13(3)20(11)26)17(25)9-16(30-21)10-29-15-6-4-14(5-7-15)8-18-22(27)24-23(28)31-18/h4-7,9,18,26H,8,10H2,1-3H3,(H,24,27,28). The Morgan fingerprint density at radius 2 is 1.77 bits per heavy atom. The van der Waals surface area contributed by atoms with Crippen molar-refractivity contribution in [2.75, 3.05) is 0 Å². The van der Waals surface area contributed by atoms with Crippen LogP contribution in [-0.2, 0) is 17.8 Å². The molecule has 1 aliphatic heterocycles. The highest BCUT2D eigenvalue weighted by molar-refractivity contribution is 8.15. The third-order valence-corrected chi connectivity index (χ3v) is 6.46. The van der Waals surface area contributed by atoms with Crippen molar-refractivity contribution >= 4 is 33.9 Å². The normalized spacial score (nSPS) is 16.0. The number of phenolic OH excluding ortho intramolecular Hbond substituents is 1. The molecule has 2 aromatic carbocycles. The van der Waals surface area contributed by atoms with Gasteiger partial charge in [0.2, 0.25) is 5.91 Å². The van der Waals surface area contributed by atoms with E-state index in [-0.39, 0.29) is 28.9 Å². The summed E-state index contributed by atoms with van der Waals surface area (Å²) in [6, 6.07) is 8.59. The molecule has 1 fully saturated rings. The molecule has 1 atom stereocenters. The van der Waals surface area contributed by atoms with E-state index in [9.17, 15) is 19.5 Å². The van der Waals surface area contributed by atoms with Crippen LogP contribution in [0, 0.1) is 20.8 Å². The van der Waals surface area contributed by atoms with Crippen LogP contribution in [0.1, 0.15) is 28.0 Å². The van der Waals surface area contributed by atoms with Crippen LogP contribution in [0.15, 0.2) is 39.5 Å². The van der Waals surface area contributed by atoms with E-state index < -0.39 is 5.25 Å². The lowest BCUT2D eigenvalue weighted by atomic mass is 9.99. The number of hydrogen-bond acceptors (Lipinski definition) is 7. The minimum absolute atomic E-state index is 0.0678. The second kappa shape index (κ2) is 8.11. The molecular formula is C23H21NO6S. The molecule has 3 aromatic rings. The zero-order valence-electron chi connectivity index (χ0n) is 17.3. The second-order valence-corrected chi connectivity index (χ2v) is 8.70. The molecule has 0 aliphatic carbocycles. The first-order valence-electron chi connectivity index (χ1n) is 9.73. The lowest BCUT2D eigenvalue weighted by Crippen LogP contribution is -2.25. The topological polar surface area (TPSA) is 106 Å². The summed E-state index contributed by atoms with van der Waals surface area (Å²) in [6.45, 7) is 5.35. The summed E-state index contributed by atoms with van der Waals surface area (Å²) >= 11 is 0.998. The Labute approximate surface area is 182 Å². The Hall–Kier alpha value is -3.26. The highest BCUT2D eigenvalue weighted by Gasteiger charge is 2.31. The molecule has 2 amide bonds. The van der Waals surface area contributed by atoms with Gasteiger partial charge in [-0.05, 0) is 56.0 Å². The van der Waals surface area contributed by atoms with Crippen LogP contribution in [0.3, 0.4) is 0 Å². The molecule has 1 unspecified atom stereocenters. The fraction of sp³-hybridized carbons (Fsp3) is 0.261. The number of carbonyl (C=O) groups is 2. The van der Waals surface area contributed by atoms with Gasteiger partial charge in [0.25, 0.3) is 5.24 Å². The number of nitrogens with one attached hydrogen (secondary N) is 1. The number of benzene rings is 2. The minimum Gasteiger partial charge on any atom is -0.507 e. The number of phenols is 1. The number of fused-ring (bicyclic) bond motifs is 1. The van der Waals surface area contributed by atoms with E-state index >= 15 is 0 Å². The Morgan fingerprint density at radius 3 is 2.42 bits per heavy atom. The molecule has 0 spiro atoms. The summed E-state index contributed by atoms with van der Waals surface area (Å²) in [5.74, 6) is 0.808. The van der Waals surface area contributed by atoms with Crippen molar-refractivity contribution < 1.29 is 23.8 Å². The van der Waals surface area contributed by atoms with Crippen molar-refractivity contribution in [3.05, 3.63) is 68.6 Å². The number of carbonyl (C=O) groups excluding carboxylic acids is 2. The van der Waals surface area contributed by atoms with Crippen LogP contribution in [0.2, 0.25) is 0 Å². The van der Waals surface area contributed by atoms with Crippen LogP contribution in [-0.4, -0.2) is 21.5 Å². The maximum absolute atomic E-state index is 12.6. The third-order valence-electron chi connectivity index (χ3n) is 5.48. The van der Waals surface area contributed by atoms with Crippen molar-refractivity contribution in [2.24, 2.45) is 0 Å². The molecule has 160 valence electrons. The van der Waals surface area contributed by atoms with Gasteiger partial charge < -0.3 is 14.3 Å². The van der Waals surface area contributed by atoms with E-state index in [1.165, 1.54) is 6.07 Å². The van der Waals surface area contributed by atoms with Gasteiger partial charge in [0.05, 0.1) is 10.6 Å². The van der Waals surface area contributed by atoms with Gasteiger partial charge in [0.1, 0.15) is 29.4 Å². The molecule has 4 rings (SSSR count). The second-order valence-electron chi connectivity index (χ2n) is 7.52. The SMILES string of the molecule is Cc1c(O)c(C)c2c(=O)cc(COc3ccc(CC4SC(=O)NC4=O)cc3)oc2c1C. The first-order chi connectivity index (χ1) is 14.7. The summed E-state index contributed by atoms with van der Waals surface area (Å²) in [7, 11) is 0. The summed E-state index contributed by atoms with van der Waals surface area (Å²) in [5.41, 5.74) is 3.04. The van der Waals surface area contributed by atoms with Crippen molar-refractivity contribution in [3.63, 3.8) is 0 Å². The third kappa shape index (κ3) is 4.03. The van der Waals surface area contributed by atoms with E-state index in [2.05, 4.69) is 5.32 Å². The minimum atomic E-state index is -0.416. The van der Waals surface area contributed by atoms with E-state index in [1.54, 1.807) is 32.9 Å². The lowest BCUT2D eigenvalue weighted by Gasteiger charge is -2.13. The molecule has 1 aromatic heterocycles. The van der Waals surface area contributed by atoms with Gasteiger partial charge in [-0.15, -0.1) is 0 Å². The molecule has 0 saturated carbocycles. The Balaban J connectivity index is 1.50. The predicted molar refractivity (Wildman–Crippen MR) is 118 cm³/mol. The smallest absolute Gasteiger partial charge is 0.286 e. The first kappa shape index (κ1) is 21.0. The molecule has 31 heavy (non-hydrogen) atoms. The number of imide groups is 1. The number of amides is 2. The summed E-state index contributed by atoms with van der Waals surface area (Å²) in [4.78, 5) is 35.6. The fourth-order valence-electron chi connectivity index (χ4n) is 3.60. The fourth-order valence-corrected chi connectivity index (χ4v) is 4.46. The Kier molecular flexibility index (Phi) is 5.49. The zero-order chi connectivity index (χ0) is 22.3. The quantitative estimate of drug-likeness (QED) is 0.621. The molecule has 8 heteroatoms. The number of aryl methyl sites for hydroxylation is 2.